The third kappa shape index (κ3) is 3.82. The third-order valence-electron chi connectivity index (χ3n) is 3.42. The molecule has 0 fully saturated rings. The van der Waals surface area contributed by atoms with E-state index in [2.05, 4.69) is 15.5 Å². The Hall–Kier alpha value is -1.50. The Bertz CT molecular complexity index is 626. The molecule has 2 atom stereocenters. The molecule has 5 nitrogen and oxygen atoms in total. The minimum Gasteiger partial charge on any atom is -0.395 e. The molecule has 1 aromatic carbocycles. The van der Waals surface area contributed by atoms with Gasteiger partial charge in [0.1, 0.15) is 0 Å². The first-order valence-electron chi connectivity index (χ1n) is 6.80. The lowest BCUT2D eigenvalue weighted by atomic mass is 10.1. The highest BCUT2D eigenvalue weighted by Crippen LogP contribution is 2.23. The maximum absolute atomic E-state index is 12.4. The molecule has 7 heteroatoms. The zero-order chi connectivity index (χ0) is 16.1. The van der Waals surface area contributed by atoms with Crippen LogP contribution in [0.25, 0.3) is 11.3 Å². The summed E-state index contributed by atoms with van der Waals surface area (Å²) in [6.07, 6.45) is 3.40. The lowest BCUT2D eigenvalue weighted by Crippen LogP contribution is -2.41. The second-order valence-electron chi connectivity index (χ2n) is 4.88. The number of benzene rings is 1. The summed E-state index contributed by atoms with van der Waals surface area (Å²) < 4.78 is 0. The van der Waals surface area contributed by atoms with Gasteiger partial charge in [-0.15, -0.1) is 0 Å². The number of aromatic amines is 1. The van der Waals surface area contributed by atoms with Gasteiger partial charge >= 0.3 is 0 Å². The minimum absolute atomic E-state index is 0.0119. The van der Waals surface area contributed by atoms with Gasteiger partial charge in [-0.2, -0.15) is 16.9 Å². The molecular formula is C15H18ClN3O2S. The molecule has 0 aliphatic heterocycles. The summed E-state index contributed by atoms with van der Waals surface area (Å²) in [5.41, 5.74) is 1.95. The zero-order valence-electron chi connectivity index (χ0n) is 12.3. The SMILES string of the molecule is CSC(CO)C(C)NC(=O)c1cn[nH]c1-c1ccc(Cl)cc1. The van der Waals surface area contributed by atoms with Crippen LogP contribution in [0.2, 0.25) is 5.02 Å². The maximum atomic E-state index is 12.4. The first kappa shape index (κ1) is 16.9. The largest absolute Gasteiger partial charge is 0.395 e. The second-order valence-corrected chi connectivity index (χ2v) is 6.40. The number of rotatable bonds is 6. The Morgan fingerprint density at radius 1 is 1.45 bits per heavy atom. The molecule has 118 valence electrons. The predicted octanol–water partition coefficient (Wildman–Crippen LogP) is 2.57. The van der Waals surface area contributed by atoms with Gasteiger partial charge in [0, 0.05) is 21.9 Å². The molecule has 2 unspecified atom stereocenters. The molecule has 0 saturated carbocycles. The monoisotopic (exact) mass is 339 g/mol. The summed E-state index contributed by atoms with van der Waals surface area (Å²) in [4.78, 5) is 12.4. The third-order valence-corrected chi connectivity index (χ3v) is 4.83. The number of H-pyrrole nitrogens is 1. The fourth-order valence-corrected chi connectivity index (χ4v) is 2.86. The molecule has 0 radical (unpaired) electrons. The van der Waals surface area contributed by atoms with E-state index in [1.54, 1.807) is 12.1 Å². The van der Waals surface area contributed by atoms with Crippen LogP contribution in [0.5, 0.6) is 0 Å². The van der Waals surface area contributed by atoms with Crippen molar-refractivity contribution < 1.29 is 9.90 Å². The molecule has 0 aliphatic rings. The molecular weight excluding hydrogens is 322 g/mol. The van der Waals surface area contributed by atoms with Crippen LogP contribution < -0.4 is 5.32 Å². The summed E-state index contributed by atoms with van der Waals surface area (Å²) in [7, 11) is 0. The molecule has 1 amide bonds. The first-order valence-corrected chi connectivity index (χ1v) is 8.47. The first-order chi connectivity index (χ1) is 10.6. The van der Waals surface area contributed by atoms with Crippen LogP contribution >= 0.6 is 23.4 Å². The molecule has 2 rings (SSSR count). The van der Waals surface area contributed by atoms with E-state index in [1.807, 2.05) is 25.3 Å². The van der Waals surface area contributed by atoms with Crippen molar-refractivity contribution in [1.82, 2.24) is 15.5 Å². The number of hydrogen-bond acceptors (Lipinski definition) is 4. The zero-order valence-corrected chi connectivity index (χ0v) is 13.9. The standard InChI is InChI=1S/C15H18ClN3O2S/c1-9(13(8-20)22-2)18-15(21)12-7-17-19-14(12)10-3-5-11(16)6-4-10/h3-7,9,13,20H,8H2,1-2H3,(H,17,19)(H,18,21). The Morgan fingerprint density at radius 3 is 2.73 bits per heavy atom. The van der Waals surface area contributed by atoms with Gasteiger partial charge in [0.05, 0.1) is 24.1 Å². The van der Waals surface area contributed by atoms with Crippen LogP contribution in [0.1, 0.15) is 17.3 Å². The molecule has 1 heterocycles. The van der Waals surface area contributed by atoms with Crippen molar-refractivity contribution >= 4 is 29.3 Å². The van der Waals surface area contributed by atoms with Gasteiger partial charge in [-0.25, -0.2) is 0 Å². The van der Waals surface area contributed by atoms with Crippen molar-refractivity contribution in [2.45, 2.75) is 18.2 Å². The number of thioether (sulfide) groups is 1. The average Bonchev–Trinajstić information content (AvgIpc) is 2.98. The number of aromatic nitrogens is 2. The molecule has 3 N–H and O–H groups in total. The summed E-state index contributed by atoms with van der Waals surface area (Å²) in [6, 6.07) is 7.03. The van der Waals surface area contributed by atoms with Crippen molar-refractivity contribution in [3.63, 3.8) is 0 Å². The fourth-order valence-electron chi connectivity index (χ4n) is 2.11. The van der Waals surface area contributed by atoms with Gasteiger partial charge < -0.3 is 10.4 Å². The Kier molecular flexibility index (Phi) is 5.88. The van der Waals surface area contributed by atoms with Crippen LogP contribution in [-0.4, -0.2) is 45.4 Å². The van der Waals surface area contributed by atoms with E-state index in [1.165, 1.54) is 18.0 Å². The molecule has 1 aromatic heterocycles. The van der Waals surface area contributed by atoms with Crippen LogP contribution in [0, 0.1) is 0 Å². The van der Waals surface area contributed by atoms with E-state index in [9.17, 15) is 9.90 Å². The molecule has 2 aromatic rings. The van der Waals surface area contributed by atoms with E-state index in [-0.39, 0.29) is 23.8 Å². The number of nitrogens with one attached hydrogen (secondary N) is 2. The van der Waals surface area contributed by atoms with E-state index >= 15 is 0 Å². The van der Waals surface area contributed by atoms with Crippen molar-refractivity contribution in [1.29, 1.82) is 0 Å². The Labute approximate surface area is 138 Å². The highest BCUT2D eigenvalue weighted by atomic mass is 35.5. The van der Waals surface area contributed by atoms with Crippen molar-refractivity contribution in [3.05, 3.63) is 41.0 Å². The molecule has 0 aliphatic carbocycles. The maximum Gasteiger partial charge on any atom is 0.255 e. The van der Waals surface area contributed by atoms with Gasteiger partial charge in [0.15, 0.2) is 0 Å². The summed E-state index contributed by atoms with van der Waals surface area (Å²) >= 11 is 7.40. The van der Waals surface area contributed by atoms with Crippen molar-refractivity contribution in [3.8, 4) is 11.3 Å². The molecule has 0 saturated heterocycles. The van der Waals surface area contributed by atoms with E-state index in [0.29, 0.717) is 16.3 Å². The van der Waals surface area contributed by atoms with Gasteiger partial charge in [-0.1, -0.05) is 23.7 Å². The molecule has 22 heavy (non-hydrogen) atoms. The fraction of sp³-hybridized carbons (Fsp3) is 0.333. The van der Waals surface area contributed by atoms with Crippen LogP contribution in [-0.2, 0) is 0 Å². The quantitative estimate of drug-likeness (QED) is 0.756. The van der Waals surface area contributed by atoms with Gasteiger partial charge in [0.2, 0.25) is 0 Å². The normalized spacial score (nSPS) is 13.6. The summed E-state index contributed by atoms with van der Waals surface area (Å²) in [5, 5.41) is 19.6. The lowest BCUT2D eigenvalue weighted by molar-refractivity contribution is 0.0936. The number of nitrogens with zero attached hydrogens (tertiary/aromatic N) is 1. The number of carbonyl (C=O) groups is 1. The Balaban J connectivity index is 2.18. The second kappa shape index (κ2) is 7.67. The highest BCUT2D eigenvalue weighted by molar-refractivity contribution is 7.99. The van der Waals surface area contributed by atoms with E-state index in [0.717, 1.165) is 5.56 Å². The number of aliphatic hydroxyl groups is 1. The van der Waals surface area contributed by atoms with Gasteiger partial charge in [-0.05, 0) is 25.3 Å². The number of amides is 1. The van der Waals surface area contributed by atoms with Crippen molar-refractivity contribution in [2.75, 3.05) is 12.9 Å². The number of aliphatic hydroxyl groups excluding tert-OH is 1. The smallest absolute Gasteiger partial charge is 0.255 e. The summed E-state index contributed by atoms with van der Waals surface area (Å²) in [5.74, 6) is -0.223. The summed E-state index contributed by atoms with van der Waals surface area (Å²) in [6.45, 7) is 1.88. The Morgan fingerprint density at radius 2 is 2.14 bits per heavy atom. The van der Waals surface area contributed by atoms with Gasteiger partial charge in [-0.3, -0.25) is 9.89 Å². The number of halogens is 1. The number of hydrogen-bond donors (Lipinski definition) is 3. The van der Waals surface area contributed by atoms with Gasteiger partial charge in [0.25, 0.3) is 5.91 Å². The average molecular weight is 340 g/mol. The topological polar surface area (TPSA) is 78.0 Å². The van der Waals surface area contributed by atoms with Crippen LogP contribution in [0.3, 0.4) is 0 Å². The van der Waals surface area contributed by atoms with Crippen molar-refractivity contribution in [2.24, 2.45) is 0 Å². The minimum atomic E-state index is -0.223. The van der Waals surface area contributed by atoms with Crippen LogP contribution in [0.15, 0.2) is 30.5 Å². The van der Waals surface area contributed by atoms with E-state index < -0.39 is 0 Å². The molecule has 0 spiro atoms. The predicted molar refractivity (Wildman–Crippen MR) is 90.4 cm³/mol. The van der Waals surface area contributed by atoms with Crippen LogP contribution in [0.4, 0.5) is 0 Å². The molecule has 0 bridgehead atoms. The highest BCUT2D eigenvalue weighted by Gasteiger charge is 2.21. The number of carbonyl (C=O) groups excluding carboxylic acids is 1. The lowest BCUT2D eigenvalue weighted by Gasteiger charge is -2.21. The van der Waals surface area contributed by atoms with E-state index in [4.69, 9.17) is 11.6 Å².